The van der Waals surface area contributed by atoms with E-state index in [2.05, 4.69) is 6.92 Å². The van der Waals surface area contributed by atoms with Crippen LogP contribution in [-0.2, 0) is 5.60 Å². The maximum absolute atomic E-state index is 14.0. The number of benzene rings is 1. The first-order valence-electron chi connectivity index (χ1n) is 6.61. The standard InChI is InChI=1S/C15H20F2O/c1-10-4-3-8-15(18,9-7-10)12-6-5-11(2)13(16)14(12)17/h5-6,10,18H,3-4,7-9H2,1-2H3. The molecular weight excluding hydrogens is 234 g/mol. The van der Waals surface area contributed by atoms with Crippen LogP contribution >= 0.6 is 0 Å². The van der Waals surface area contributed by atoms with Gasteiger partial charge in [0.25, 0.3) is 0 Å². The zero-order valence-corrected chi connectivity index (χ0v) is 11.0. The van der Waals surface area contributed by atoms with E-state index in [1.807, 2.05) is 0 Å². The van der Waals surface area contributed by atoms with Crippen LogP contribution < -0.4 is 0 Å². The predicted octanol–water partition coefficient (Wildman–Crippen LogP) is 4.06. The third-order valence-electron chi connectivity index (χ3n) is 4.11. The van der Waals surface area contributed by atoms with Crippen LogP contribution in [-0.4, -0.2) is 5.11 Å². The van der Waals surface area contributed by atoms with Crippen molar-refractivity contribution in [1.82, 2.24) is 0 Å². The van der Waals surface area contributed by atoms with Crippen molar-refractivity contribution in [2.45, 2.75) is 51.6 Å². The molecule has 1 aromatic rings. The van der Waals surface area contributed by atoms with E-state index in [4.69, 9.17) is 0 Å². The molecule has 1 saturated carbocycles. The van der Waals surface area contributed by atoms with E-state index >= 15 is 0 Å². The summed E-state index contributed by atoms with van der Waals surface area (Å²) in [5.41, 5.74) is -0.801. The lowest BCUT2D eigenvalue weighted by Crippen LogP contribution is -2.27. The molecule has 2 atom stereocenters. The van der Waals surface area contributed by atoms with Crippen LogP contribution in [0.15, 0.2) is 12.1 Å². The van der Waals surface area contributed by atoms with Crippen LogP contribution in [0.3, 0.4) is 0 Å². The Morgan fingerprint density at radius 2 is 1.89 bits per heavy atom. The Kier molecular flexibility index (Phi) is 3.71. The summed E-state index contributed by atoms with van der Waals surface area (Å²) in [6.07, 6.45) is 3.76. The summed E-state index contributed by atoms with van der Waals surface area (Å²) in [6, 6.07) is 3.07. The Morgan fingerprint density at radius 3 is 2.61 bits per heavy atom. The number of hydrogen-bond acceptors (Lipinski definition) is 1. The van der Waals surface area contributed by atoms with E-state index < -0.39 is 17.2 Å². The molecule has 2 unspecified atom stereocenters. The maximum atomic E-state index is 14.0. The van der Waals surface area contributed by atoms with Gasteiger partial charge in [-0.15, -0.1) is 0 Å². The van der Waals surface area contributed by atoms with Crippen molar-refractivity contribution in [2.24, 2.45) is 5.92 Å². The van der Waals surface area contributed by atoms with E-state index in [9.17, 15) is 13.9 Å². The molecule has 0 aliphatic heterocycles. The van der Waals surface area contributed by atoms with Crippen molar-refractivity contribution in [3.8, 4) is 0 Å². The molecule has 0 heterocycles. The monoisotopic (exact) mass is 254 g/mol. The SMILES string of the molecule is Cc1ccc(C2(O)CCCC(C)CC2)c(F)c1F. The number of hydrogen-bond donors (Lipinski definition) is 1. The van der Waals surface area contributed by atoms with Gasteiger partial charge in [-0.3, -0.25) is 0 Å². The molecule has 0 radical (unpaired) electrons. The highest BCUT2D eigenvalue weighted by Crippen LogP contribution is 2.39. The average molecular weight is 254 g/mol. The number of aryl methyl sites for hydroxylation is 1. The van der Waals surface area contributed by atoms with E-state index in [-0.39, 0.29) is 11.1 Å². The molecule has 1 N–H and O–H groups in total. The molecular formula is C15H20F2O. The molecule has 1 nitrogen and oxygen atoms in total. The number of rotatable bonds is 1. The van der Waals surface area contributed by atoms with Crippen LogP contribution in [0.4, 0.5) is 8.78 Å². The van der Waals surface area contributed by atoms with Crippen LogP contribution in [0.5, 0.6) is 0 Å². The van der Waals surface area contributed by atoms with Gasteiger partial charge in [0.1, 0.15) is 0 Å². The fourth-order valence-corrected chi connectivity index (χ4v) is 2.77. The number of aliphatic hydroxyl groups is 1. The van der Waals surface area contributed by atoms with Crippen molar-refractivity contribution < 1.29 is 13.9 Å². The van der Waals surface area contributed by atoms with E-state index in [0.717, 1.165) is 19.3 Å². The lowest BCUT2D eigenvalue weighted by molar-refractivity contribution is 0.0158. The highest BCUT2D eigenvalue weighted by Gasteiger charge is 2.35. The Bertz CT molecular complexity index is 444. The molecule has 100 valence electrons. The largest absolute Gasteiger partial charge is 0.385 e. The Hall–Kier alpha value is -0.960. The molecule has 18 heavy (non-hydrogen) atoms. The van der Waals surface area contributed by atoms with Crippen LogP contribution in [0.25, 0.3) is 0 Å². The lowest BCUT2D eigenvalue weighted by atomic mass is 9.85. The Labute approximate surface area is 107 Å². The Morgan fingerprint density at radius 1 is 1.17 bits per heavy atom. The summed E-state index contributed by atoms with van der Waals surface area (Å²) < 4.78 is 27.6. The van der Waals surface area contributed by atoms with E-state index in [1.54, 1.807) is 6.07 Å². The zero-order valence-electron chi connectivity index (χ0n) is 11.0. The quantitative estimate of drug-likeness (QED) is 0.749. The van der Waals surface area contributed by atoms with Crippen LogP contribution in [0, 0.1) is 24.5 Å². The Balaban J connectivity index is 2.37. The van der Waals surface area contributed by atoms with Crippen molar-refractivity contribution in [3.63, 3.8) is 0 Å². The molecule has 1 fully saturated rings. The average Bonchev–Trinajstić information content (AvgIpc) is 2.49. The molecule has 1 aromatic carbocycles. The third-order valence-corrected chi connectivity index (χ3v) is 4.11. The molecule has 0 aromatic heterocycles. The normalized spacial score (nSPS) is 29.1. The second kappa shape index (κ2) is 4.96. The highest BCUT2D eigenvalue weighted by molar-refractivity contribution is 5.30. The first kappa shape index (κ1) is 13.5. The van der Waals surface area contributed by atoms with Gasteiger partial charge in [0.15, 0.2) is 11.6 Å². The van der Waals surface area contributed by atoms with Crippen molar-refractivity contribution in [3.05, 3.63) is 34.9 Å². The predicted molar refractivity (Wildman–Crippen MR) is 67.2 cm³/mol. The van der Waals surface area contributed by atoms with Crippen LogP contribution in [0.2, 0.25) is 0 Å². The summed E-state index contributed by atoms with van der Waals surface area (Å²) in [5.74, 6) is -1.18. The molecule has 2 rings (SSSR count). The van der Waals surface area contributed by atoms with Gasteiger partial charge in [-0.25, -0.2) is 8.78 Å². The van der Waals surface area contributed by atoms with Gasteiger partial charge < -0.3 is 5.11 Å². The van der Waals surface area contributed by atoms with Gasteiger partial charge in [-0.2, -0.15) is 0 Å². The van der Waals surface area contributed by atoms with Gasteiger partial charge in [0.05, 0.1) is 5.60 Å². The van der Waals surface area contributed by atoms with Gasteiger partial charge >= 0.3 is 0 Å². The van der Waals surface area contributed by atoms with Gasteiger partial charge in [-0.05, 0) is 44.1 Å². The fourth-order valence-electron chi connectivity index (χ4n) is 2.77. The van der Waals surface area contributed by atoms with Gasteiger partial charge in [0.2, 0.25) is 0 Å². The topological polar surface area (TPSA) is 20.2 Å². The molecule has 0 spiro atoms. The molecule has 0 saturated heterocycles. The lowest BCUT2D eigenvalue weighted by Gasteiger charge is -2.28. The van der Waals surface area contributed by atoms with Crippen molar-refractivity contribution >= 4 is 0 Å². The highest BCUT2D eigenvalue weighted by atomic mass is 19.2. The minimum absolute atomic E-state index is 0.125. The van der Waals surface area contributed by atoms with E-state index in [0.29, 0.717) is 18.8 Å². The van der Waals surface area contributed by atoms with Gasteiger partial charge in [0, 0.05) is 5.56 Å². The van der Waals surface area contributed by atoms with Gasteiger partial charge in [-0.1, -0.05) is 25.5 Å². The molecule has 1 aliphatic carbocycles. The van der Waals surface area contributed by atoms with Crippen molar-refractivity contribution in [2.75, 3.05) is 0 Å². The minimum atomic E-state index is -1.20. The second-order valence-corrected chi connectivity index (χ2v) is 5.63. The van der Waals surface area contributed by atoms with E-state index in [1.165, 1.54) is 13.0 Å². The minimum Gasteiger partial charge on any atom is -0.385 e. The second-order valence-electron chi connectivity index (χ2n) is 5.63. The fraction of sp³-hybridized carbons (Fsp3) is 0.600. The molecule has 0 bridgehead atoms. The summed E-state index contributed by atoms with van der Waals surface area (Å²) in [5, 5.41) is 10.6. The summed E-state index contributed by atoms with van der Waals surface area (Å²) >= 11 is 0. The maximum Gasteiger partial charge on any atom is 0.165 e. The summed E-state index contributed by atoms with van der Waals surface area (Å²) in [6.45, 7) is 3.67. The molecule has 1 aliphatic rings. The number of halogens is 2. The van der Waals surface area contributed by atoms with Crippen molar-refractivity contribution in [1.29, 1.82) is 0 Å². The first-order chi connectivity index (χ1) is 8.44. The first-order valence-corrected chi connectivity index (χ1v) is 6.61. The summed E-state index contributed by atoms with van der Waals surface area (Å²) in [4.78, 5) is 0. The third kappa shape index (κ3) is 2.41. The molecule has 0 amide bonds. The summed E-state index contributed by atoms with van der Waals surface area (Å²) in [7, 11) is 0. The smallest absolute Gasteiger partial charge is 0.165 e. The zero-order chi connectivity index (χ0) is 13.3. The molecule has 3 heteroatoms. The van der Waals surface area contributed by atoms with Crippen LogP contribution in [0.1, 0.15) is 50.2 Å².